The topological polar surface area (TPSA) is 32.3 Å². The largest absolute Gasteiger partial charge is 0.338 e. The lowest BCUT2D eigenvalue weighted by atomic mass is 9.94. The Hall–Kier alpha value is -0.570. The number of likely N-dealkylation sites (N-methyl/N-ethyl adjacent to an activating group) is 1. The van der Waals surface area contributed by atoms with Crippen LogP contribution in [-0.4, -0.2) is 36.5 Å². The maximum Gasteiger partial charge on any atom is 0.239 e. The fraction of sp³-hybridized carbons (Fsp3) is 0.933. The Balaban J connectivity index is 1.70. The minimum atomic E-state index is 0.0550. The zero-order chi connectivity index (χ0) is 12.7. The van der Waals surface area contributed by atoms with Gasteiger partial charge in [-0.05, 0) is 63.3 Å². The van der Waals surface area contributed by atoms with Crippen LogP contribution in [0, 0.1) is 17.8 Å². The second-order valence-corrected chi connectivity index (χ2v) is 6.73. The quantitative estimate of drug-likeness (QED) is 0.813. The van der Waals surface area contributed by atoms with E-state index in [9.17, 15) is 4.79 Å². The lowest BCUT2D eigenvalue weighted by Crippen LogP contribution is -2.49. The Kier molecular flexibility index (Phi) is 3.35. The molecule has 102 valence electrons. The monoisotopic (exact) mass is 250 g/mol. The Morgan fingerprint density at radius 1 is 1.11 bits per heavy atom. The standard InChI is InChI=1S/C15H26N2O/c1-10-5-6-17(15(18)14(7-10)16-2)13-4-3-11-8-12(11)9-13/h10-14,16H,3-9H2,1-2H3. The molecule has 0 aromatic carbocycles. The average molecular weight is 250 g/mol. The highest BCUT2D eigenvalue weighted by Gasteiger charge is 2.45. The number of hydrogen-bond acceptors (Lipinski definition) is 2. The normalized spacial score (nSPS) is 44.4. The van der Waals surface area contributed by atoms with Crippen LogP contribution in [0.15, 0.2) is 0 Å². The third kappa shape index (κ3) is 2.29. The molecule has 1 amide bonds. The van der Waals surface area contributed by atoms with E-state index in [0.717, 1.165) is 24.8 Å². The summed E-state index contributed by atoms with van der Waals surface area (Å²) in [5, 5.41) is 3.22. The summed E-state index contributed by atoms with van der Waals surface area (Å²) in [6.07, 6.45) is 7.50. The number of hydrogen-bond donors (Lipinski definition) is 1. The highest BCUT2D eigenvalue weighted by Crippen LogP contribution is 2.50. The summed E-state index contributed by atoms with van der Waals surface area (Å²) in [6.45, 7) is 3.26. The summed E-state index contributed by atoms with van der Waals surface area (Å²) >= 11 is 0. The van der Waals surface area contributed by atoms with Gasteiger partial charge in [0.05, 0.1) is 6.04 Å². The minimum Gasteiger partial charge on any atom is -0.338 e. The molecule has 3 nitrogen and oxygen atoms in total. The van der Waals surface area contributed by atoms with Gasteiger partial charge in [-0.1, -0.05) is 6.92 Å². The third-order valence-electron chi connectivity index (χ3n) is 5.39. The van der Waals surface area contributed by atoms with Gasteiger partial charge in [-0.25, -0.2) is 0 Å². The third-order valence-corrected chi connectivity index (χ3v) is 5.39. The molecule has 2 saturated carbocycles. The minimum absolute atomic E-state index is 0.0550. The SMILES string of the molecule is CNC1CC(C)CCN(C2CCC3CC3C2)C1=O. The Bertz CT molecular complexity index is 330. The van der Waals surface area contributed by atoms with Crippen LogP contribution in [0.5, 0.6) is 0 Å². The lowest BCUT2D eigenvalue weighted by Gasteiger charge is -2.35. The number of carbonyl (C=O) groups is 1. The van der Waals surface area contributed by atoms with Crippen molar-refractivity contribution >= 4 is 5.91 Å². The smallest absolute Gasteiger partial charge is 0.239 e. The molecule has 0 aromatic rings. The van der Waals surface area contributed by atoms with E-state index in [0.29, 0.717) is 17.9 Å². The highest BCUT2D eigenvalue weighted by atomic mass is 16.2. The molecule has 2 aliphatic carbocycles. The van der Waals surface area contributed by atoms with Crippen molar-refractivity contribution in [3.8, 4) is 0 Å². The van der Waals surface area contributed by atoms with E-state index >= 15 is 0 Å². The molecule has 3 rings (SSSR count). The van der Waals surface area contributed by atoms with Crippen LogP contribution in [-0.2, 0) is 4.79 Å². The van der Waals surface area contributed by atoms with E-state index in [4.69, 9.17) is 0 Å². The maximum atomic E-state index is 12.6. The van der Waals surface area contributed by atoms with Crippen LogP contribution in [0.2, 0.25) is 0 Å². The van der Waals surface area contributed by atoms with Gasteiger partial charge < -0.3 is 10.2 Å². The summed E-state index contributed by atoms with van der Waals surface area (Å²) < 4.78 is 0. The number of rotatable bonds is 2. The van der Waals surface area contributed by atoms with Crippen molar-refractivity contribution in [2.45, 2.75) is 57.5 Å². The molecule has 1 heterocycles. The van der Waals surface area contributed by atoms with Crippen molar-refractivity contribution in [2.75, 3.05) is 13.6 Å². The molecular weight excluding hydrogens is 224 g/mol. The molecule has 18 heavy (non-hydrogen) atoms. The van der Waals surface area contributed by atoms with Crippen LogP contribution in [0.1, 0.15) is 45.4 Å². The first-order valence-electron chi connectivity index (χ1n) is 7.66. The zero-order valence-electron chi connectivity index (χ0n) is 11.7. The molecule has 3 fully saturated rings. The molecular formula is C15H26N2O. The average Bonchev–Trinajstić information content (AvgIpc) is 3.14. The van der Waals surface area contributed by atoms with E-state index in [-0.39, 0.29) is 6.04 Å². The van der Waals surface area contributed by atoms with E-state index < -0.39 is 0 Å². The summed E-state index contributed by atoms with van der Waals surface area (Å²) in [7, 11) is 1.93. The number of likely N-dealkylation sites (tertiary alicyclic amines) is 1. The number of nitrogens with one attached hydrogen (secondary N) is 1. The Morgan fingerprint density at radius 2 is 1.94 bits per heavy atom. The van der Waals surface area contributed by atoms with Crippen molar-refractivity contribution in [1.82, 2.24) is 10.2 Å². The summed E-state index contributed by atoms with van der Waals surface area (Å²) in [4.78, 5) is 14.8. The number of carbonyl (C=O) groups excluding carboxylic acids is 1. The van der Waals surface area contributed by atoms with Crippen LogP contribution in [0.25, 0.3) is 0 Å². The highest BCUT2D eigenvalue weighted by molar-refractivity contribution is 5.82. The summed E-state index contributed by atoms with van der Waals surface area (Å²) in [5.41, 5.74) is 0. The van der Waals surface area contributed by atoms with Gasteiger partial charge >= 0.3 is 0 Å². The van der Waals surface area contributed by atoms with Crippen molar-refractivity contribution in [1.29, 1.82) is 0 Å². The molecule has 1 saturated heterocycles. The predicted molar refractivity (Wildman–Crippen MR) is 72.2 cm³/mol. The molecule has 5 unspecified atom stereocenters. The molecule has 3 heteroatoms. The fourth-order valence-electron chi connectivity index (χ4n) is 4.00. The molecule has 3 aliphatic rings. The van der Waals surface area contributed by atoms with Gasteiger partial charge in [0.1, 0.15) is 0 Å². The second kappa shape index (κ2) is 4.84. The van der Waals surface area contributed by atoms with Gasteiger partial charge in [0.2, 0.25) is 5.91 Å². The lowest BCUT2D eigenvalue weighted by molar-refractivity contribution is -0.135. The molecule has 0 bridgehead atoms. The van der Waals surface area contributed by atoms with Gasteiger partial charge in [0.15, 0.2) is 0 Å². The van der Waals surface area contributed by atoms with Crippen molar-refractivity contribution in [3.63, 3.8) is 0 Å². The van der Waals surface area contributed by atoms with Gasteiger partial charge in [-0.15, -0.1) is 0 Å². The van der Waals surface area contributed by atoms with Gasteiger partial charge in [-0.3, -0.25) is 4.79 Å². The van der Waals surface area contributed by atoms with Crippen LogP contribution >= 0.6 is 0 Å². The van der Waals surface area contributed by atoms with Gasteiger partial charge in [-0.2, -0.15) is 0 Å². The number of fused-ring (bicyclic) bond motifs is 1. The summed E-state index contributed by atoms with van der Waals surface area (Å²) in [5.74, 6) is 2.99. The number of nitrogens with zero attached hydrogens (tertiary/aromatic N) is 1. The van der Waals surface area contributed by atoms with E-state index in [1.54, 1.807) is 0 Å². The summed E-state index contributed by atoms with van der Waals surface area (Å²) in [6, 6.07) is 0.599. The molecule has 5 atom stereocenters. The molecule has 0 spiro atoms. The van der Waals surface area contributed by atoms with E-state index in [1.807, 2.05) is 7.05 Å². The van der Waals surface area contributed by atoms with E-state index in [1.165, 1.54) is 32.1 Å². The second-order valence-electron chi connectivity index (χ2n) is 6.73. The Morgan fingerprint density at radius 3 is 2.67 bits per heavy atom. The predicted octanol–water partition coefficient (Wildman–Crippen LogP) is 2.02. The van der Waals surface area contributed by atoms with E-state index in [2.05, 4.69) is 17.1 Å². The van der Waals surface area contributed by atoms with Crippen molar-refractivity contribution in [2.24, 2.45) is 17.8 Å². The first-order valence-corrected chi connectivity index (χ1v) is 7.66. The fourth-order valence-corrected chi connectivity index (χ4v) is 4.00. The molecule has 1 N–H and O–H groups in total. The molecule has 1 aliphatic heterocycles. The maximum absolute atomic E-state index is 12.6. The van der Waals surface area contributed by atoms with Crippen LogP contribution in [0.4, 0.5) is 0 Å². The molecule has 0 radical (unpaired) electrons. The van der Waals surface area contributed by atoms with Crippen LogP contribution < -0.4 is 5.32 Å². The van der Waals surface area contributed by atoms with Crippen molar-refractivity contribution in [3.05, 3.63) is 0 Å². The molecule has 0 aromatic heterocycles. The first-order chi connectivity index (χ1) is 8.69. The zero-order valence-corrected chi connectivity index (χ0v) is 11.7. The first kappa shape index (κ1) is 12.5. The van der Waals surface area contributed by atoms with Gasteiger partial charge in [0, 0.05) is 12.6 Å². The van der Waals surface area contributed by atoms with Crippen LogP contribution in [0.3, 0.4) is 0 Å². The van der Waals surface area contributed by atoms with Crippen molar-refractivity contribution < 1.29 is 4.79 Å². The van der Waals surface area contributed by atoms with Gasteiger partial charge in [0.25, 0.3) is 0 Å². The Labute approximate surface area is 110 Å². The number of amides is 1.